The first-order valence-electron chi connectivity index (χ1n) is 6.46. The van der Waals surface area contributed by atoms with Gasteiger partial charge in [-0.25, -0.2) is 0 Å². The molecule has 8 heteroatoms. The van der Waals surface area contributed by atoms with E-state index in [9.17, 15) is 13.2 Å². The number of halogens is 4. The number of hydrogen-bond donors (Lipinski definition) is 0. The molecule has 1 aromatic rings. The lowest BCUT2D eigenvalue weighted by atomic mass is 10.2. The van der Waals surface area contributed by atoms with Crippen molar-refractivity contribution in [3.05, 3.63) is 24.3 Å². The summed E-state index contributed by atoms with van der Waals surface area (Å²) in [6.45, 7) is 5.33. The van der Waals surface area contributed by atoms with Gasteiger partial charge in [-0.05, 0) is 37.4 Å². The molecular formula is C13H18F3IO3Si. The SMILES string of the molecule is C[SiH](C)OCC(CI)COc1ccc(OC(F)(F)F)cc1. The first kappa shape index (κ1) is 18.6. The van der Waals surface area contributed by atoms with Crippen molar-refractivity contribution in [2.75, 3.05) is 17.6 Å². The van der Waals surface area contributed by atoms with Gasteiger partial charge in [0.2, 0.25) is 0 Å². The highest BCUT2D eigenvalue weighted by molar-refractivity contribution is 14.1. The smallest absolute Gasteiger partial charge is 0.493 e. The topological polar surface area (TPSA) is 27.7 Å². The van der Waals surface area contributed by atoms with Crippen LogP contribution in [0.15, 0.2) is 24.3 Å². The van der Waals surface area contributed by atoms with Crippen molar-refractivity contribution in [1.29, 1.82) is 0 Å². The Bertz CT molecular complexity index is 412. The van der Waals surface area contributed by atoms with Crippen molar-refractivity contribution in [3.8, 4) is 11.5 Å². The summed E-state index contributed by atoms with van der Waals surface area (Å²) in [6, 6.07) is 5.39. The minimum Gasteiger partial charge on any atom is -0.493 e. The maximum atomic E-state index is 12.0. The second-order valence-electron chi connectivity index (χ2n) is 4.73. The van der Waals surface area contributed by atoms with E-state index in [4.69, 9.17) is 9.16 Å². The Labute approximate surface area is 137 Å². The molecule has 0 saturated heterocycles. The second-order valence-corrected chi connectivity index (χ2v) is 8.04. The Balaban J connectivity index is 2.44. The van der Waals surface area contributed by atoms with Gasteiger partial charge in [0.1, 0.15) is 11.5 Å². The third kappa shape index (κ3) is 8.52. The molecule has 1 atom stereocenters. The van der Waals surface area contributed by atoms with Gasteiger partial charge in [-0.1, -0.05) is 22.6 Å². The largest absolute Gasteiger partial charge is 0.573 e. The number of rotatable bonds is 8. The van der Waals surface area contributed by atoms with Gasteiger partial charge in [0.05, 0.1) is 6.61 Å². The van der Waals surface area contributed by atoms with Crippen molar-refractivity contribution in [3.63, 3.8) is 0 Å². The molecule has 0 heterocycles. The fraction of sp³-hybridized carbons (Fsp3) is 0.538. The summed E-state index contributed by atoms with van der Waals surface area (Å²) >= 11 is 2.27. The molecule has 0 saturated carbocycles. The average molecular weight is 434 g/mol. The highest BCUT2D eigenvalue weighted by Crippen LogP contribution is 2.25. The standard InChI is InChI=1S/C13H18F3IO3Si/c1-21(2)19-9-10(7-17)8-18-11-3-5-12(6-4-11)20-13(14,15)16/h3-6,10,21H,7-9H2,1-2H3. The van der Waals surface area contributed by atoms with Gasteiger partial charge in [-0.15, -0.1) is 13.2 Å². The Morgan fingerprint density at radius 3 is 2.14 bits per heavy atom. The molecular weight excluding hydrogens is 416 g/mol. The molecule has 0 aromatic heterocycles. The normalized spacial score (nSPS) is 13.3. The van der Waals surface area contributed by atoms with Crippen molar-refractivity contribution in [2.45, 2.75) is 19.5 Å². The lowest BCUT2D eigenvalue weighted by Gasteiger charge is -2.17. The molecule has 0 N–H and O–H groups in total. The van der Waals surface area contributed by atoms with Crippen LogP contribution in [-0.4, -0.2) is 33.0 Å². The summed E-state index contributed by atoms with van der Waals surface area (Å²) in [5.74, 6) is 0.530. The zero-order valence-electron chi connectivity index (χ0n) is 11.8. The van der Waals surface area contributed by atoms with Crippen LogP contribution in [0.1, 0.15) is 0 Å². The van der Waals surface area contributed by atoms with Crippen LogP contribution in [0.3, 0.4) is 0 Å². The van der Waals surface area contributed by atoms with Crippen molar-refractivity contribution >= 4 is 31.6 Å². The molecule has 0 spiro atoms. The molecule has 0 aliphatic rings. The second kappa shape index (κ2) is 8.84. The molecule has 1 rings (SSSR count). The molecule has 0 radical (unpaired) electrons. The van der Waals surface area contributed by atoms with Crippen molar-refractivity contribution < 1.29 is 27.1 Å². The summed E-state index contributed by atoms with van der Waals surface area (Å²) in [6.07, 6.45) is -4.67. The van der Waals surface area contributed by atoms with E-state index >= 15 is 0 Å². The van der Waals surface area contributed by atoms with Crippen LogP contribution < -0.4 is 9.47 Å². The zero-order chi connectivity index (χ0) is 15.9. The van der Waals surface area contributed by atoms with Crippen LogP contribution >= 0.6 is 22.6 Å². The highest BCUT2D eigenvalue weighted by Gasteiger charge is 2.30. The van der Waals surface area contributed by atoms with E-state index in [2.05, 4.69) is 40.4 Å². The van der Waals surface area contributed by atoms with Crippen molar-refractivity contribution in [1.82, 2.24) is 0 Å². The van der Waals surface area contributed by atoms with Gasteiger partial charge in [0.15, 0.2) is 9.04 Å². The molecule has 120 valence electrons. The maximum absolute atomic E-state index is 12.0. The van der Waals surface area contributed by atoms with Crippen LogP contribution in [0.25, 0.3) is 0 Å². The number of ether oxygens (including phenoxy) is 2. The molecule has 1 aromatic carbocycles. The zero-order valence-corrected chi connectivity index (χ0v) is 15.1. The van der Waals surface area contributed by atoms with E-state index in [1.165, 1.54) is 24.3 Å². The van der Waals surface area contributed by atoms with E-state index in [1.807, 2.05) is 0 Å². The Morgan fingerprint density at radius 2 is 1.67 bits per heavy atom. The van der Waals surface area contributed by atoms with E-state index in [1.54, 1.807) is 0 Å². The van der Waals surface area contributed by atoms with Gasteiger partial charge < -0.3 is 13.9 Å². The molecule has 3 nitrogen and oxygen atoms in total. The Kier molecular flexibility index (Phi) is 7.81. The van der Waals surface area contributed by atoms with Gasteiger partial charge in [0, 0.05) is 17.0 Å². The third-order valence-corrected chi connectivity index (χ3v) is 4.53. The van der Waals surface area contributed by atoms with Gasteiger partial charge in [-0.2, -0.15) is 0 Å². The summed E-state index contributed by atoms with van der Waals surface area (Å²) in [4.78, 5) is 0. The maximum Gasteiger partial charge on any atom is 0.573 e. The highest BCUT2D eigenvalue weighted by atomic mass is 127. The van der Waals surface area contributed by atoms with E-state index in [-0.39, 0.29) is 11.7 Å². The van der Waals surface area contributed by atoms with Crippen LogP contribution in [0.5, 0.6) is 11.5 Å². The number of alkyl halides is 4. The van der Waals surface area contributed by atoms with E-state index in [0.29, 0.717) is 19.0 Å². The summed E-state index contributed by atoms with van der Waals surface area (Å²) < 4.78 is 52.0. The molecule has 0 amide bonds. The minimum absolute atomic E-state index is 0.255. The van der Waals surface area contributed by atoms with Crippen LogP contribution in [-0.2, 0) is 4.43 Å². The monoisotopic (exact) mass is 434 g/mol. The summed E-state index contributed by atoms with van der Waals surface area (Å²) in [5.41, 5.74) is 0. The van der Waals surface area contributed by atoms with Crippen LogP contribution in [0.4, 0.5) is 13.2 Å². The Hall–Kier alpha value is -0.483. The lowest BCUT2D eigenvalue weighted by molar-refractivity contribution is -0.274. The van der Waals surface area contributed by atoms with Crippen LogP contribution in [0, 0.1) is 5.92 Å². The fourth-order valence-corrected chi connectivity index (χ4v) is 2.58. The minimum atomic E-state index is -4.67. The average Bonchev–Trinajstić information content (AvgIpc) is 2.38. The molecule has 21 heavy (non-hydrogen) atoms. The molecule has 0 fully saturated rings. The quantitative estimate of drug-likeness (QED) is 0.352. The molecule has 0 bridgehead atoms. The van der Waals surface area contributed by atoms with Crippen LogP contribution in [0.2, 0.25) is 13.1 Å². The first-order valence-corrected chi connectivity index (χ1v) is 10.8. The molecule has 0 aliphatic carbocycles. The molecule has 1 unspecified atom stereocenters. The fourth-order valence-electron chi connectivity index (χ4n) is 1.42. The summed E-state index contributed by atoms with van der Waals surface area (Å²) in [7, 11) is -1.05. The lowest BCUT2D eigenvalue weighted by Crippen LogP contribution is -2.23. The number of hydrogen-bond acceptors (Lipinski definition) is 3. The predicted molar refractivity (Wildman–Crippen MR) is 85.8 cm³/mol. The summed E-state index contributed by atoms with van der Waals surface area (Å²) in [5, 5.41) is 0. The third-order valence-electron chi connectivity index (χ3n) is 2.43. The first-order chi connectivity index (χ1) is 9.80. The number of benzene rings is 1. The van der Waals surface area contributed by atoms with Gasteiger partial charge >= 0.3 is 6.36 Å². The van der Waals surface area contributed by atoms with Gasteiger partial charge in [-0.3, -0.25) is 0 Å². The Morgan fingerprint density at radius 1 is 1.10 bits per heavy atom. The van der Waals surface area contributed by atoms with E-state index < -0.39 is 15.4 Å². The van der Waals surface area contributed by atoms with Gasteiger partial charge in [0.25, 0.3) is 0 Å². The van der Waals surface area contributed by atoms with E-state index in [0.717, 1.165) is 4.43 Å². The molecule has 0 aliphatic heterocycles. The van der Waals surface area contributed by atoms with Crippen molar-refractivity contribution in [2.24, 2.45) is 5.92 Å². The predicted octanol–water partition coefficient (Wildman–Crippen LogP) is 4.02.